The number of hydrogen-bond acceptors (Lipinski definition) is 4. The number of hydrogen-bond donors (Lipinski definition) is 3. The molecule has 2 heterocycles. The Balaban J connectivity index is 0.00000133. The number of fused-ring (bicyclic) bond motifs is 1. The summed E-state index contributed by atoms with van der Waals surface area (Å²) in [5, 5.41) is 13.7. The predicted octanol–water partition coefficient (Wildman–Crippen LogP) is 4.02. The summed E-state index contributed by atoms with van der Waals surface area (Å²) in [6.45, 7) is 0. The van der Waals surface area contributed by atoms with Crippen LogP contribution in [0.3, 0.4) is 0 Å². The van der Waals surface area contributed by atoms with Gasteiger partial charge in [0.2, 0.25) is 5.88 Å². The van der Waals surface area contributed by atoms with Gasteiger partial charge in [0.05, 0.1) is 5.52 Å². The molecule has 2 aromatic heterocycles. The molecular formula is C13H11ClN4O. The van der Waals surface area contributed by atoms with Crippen molar-refractivity contribution in [2.75, 3.05) is 0 Å². The lowest BCUT2D eigenvalue weighted by atomic mass is 10.1. The lowest BCUT2D eigenvalue weighted by Gasteiger charge is -2.01. The summed E-state index contributed by atoms with van der Waals surface area (Å²) < 4.78 is 0. The van der Waals surface area contributed by atoms with Crippen LogP contribution in [0.25, 0.3) is 22.0 Å². The van der Waals surface area contributed by atoms with Crippen LogP contribution in [0.5, 0.6) is 5.88 Å². The monoisotopic (exact) mass is 274 g/mol. The number of nitrogens with zero attached hydrogens (tertiary/aromatic N) is 2. The number of benzene rings is 1. The minimum atomic E-state index is -0.0770. The lowest BCUT2D eigenvalue weighted by Crippen LogP contribution is -1.78. The van der Waals surface area contributed by atoms with Gasteiger partial charge in [-0.15, -0.1) is 12.4 Å². The van der Waals surface area contributed by atoms with E-state index in [2.05, 4.69) is 15.1 Å². The number of aromatic amines is 1. The molecule has 19 heavy (non-hydrogen) atoms. The summed E-state index contributed by atoms with van der Waals surface area (Å²) in [6.07, 6.45) is 3.45. The van der Waals surface area contributed by atoms with Gasteiger partial charge in [0.15, 0.2) is 5.69 Å². The second-order valence-electron chi connectivity index (χ2n) is 3.93. The molecule has 0 bridgehead atoms. The molecule has 0 amide bonds. The van der Waals surface area contributed by atoms with Crippen LogP contribution < -0.4 is 0 Å². The van der Waals surface area contributed by atoms with Gasteiger partial charge in [0.25, 0.3) is 0 Å². The number of nitrogens with one attached hydrogen (secondary N) is 2. The van der Waals surface area contributed by atoms with Crippen molar-refractivity contribution < 1.29 is 5.11 Å². The first-order valence-corrected chi connectivity index (χ1v) is 5.42. The van der Waals surface area contributed by atoms with E-state index in [9.17, 15) is 5.11 Å². The Morgan fingerprint density at radius 2 is 1.84 bits per heavy atom. The van der Waals surface area contributed by atoms with Crippen molar-refractivity contribution in [1.82, 2.24) is 9.97 Å². The maximum Gasteiger partial charge on any atom is 0.218 e. The summed E-state index contributed by atoms with van der Waals surface area (Å²) in [5.41, 5.74) is 10.1. The topological polar surface area (TPSA) is 85.1 Å². The first-order valence-electron chi connectivity index (χ1n) is 5.42. The van der Waals surface area contributed by atoms with E-state index in [0.29, 0.717) is 0 Å². The zero-order valence-electron chi connectivity index (χ0n) is 9.79. The number of pyridine rings is 1. The Kier molecular flexibility index (Phi) is 3.48. The van der Waals surface area contributed by atoms with Crippen molar-refractivity contribution in [2.24, 2.45) is 5.11 Å². The predicted molar refractivity (Wildman–Crippen MR) is 75.3 cm³/mol. The summed E-state index contributed by atoms with van der Waals surface area (Å²) in [7, 11) is 0. The Morgan fingerprint density at radius 3 is 2.53 bits per heavy atom. The third kappa shape index (κ3) is 2.15. The van der Waals surface area contributed by atoms with Gasteiger partial charge in [0, 0.05) is 17.8 Å². The van der Waals surface area contributed by atoms with E-state index in [1.165, 1.54) is 0 Å². The van der Waals surface area contributed by atoms with Gasteiger partial charge in [0.1, 0.15) is 0 Å². The molecule has 96 valence electrons. The van der Waals surface area contributed by atoms with Crippen LogP contribution in [0.15, 0.2) is 47.8 Å². The van der Waals surface area contributed by atoms with Gasteiger partial charge in [-0.05, 0) is 35.4 Å². The molecule has 3 rings (SSSR count). The highest BCUT2D eigenvalue weighted by Gasteiger charge is 2.10. The highest BCUT2D eigenvalue weighted by molar-refractivity contribution is 5.96. The van der Waals surface area contributed by atoms with Crippen LogP contribution in [0.2, 0.25) is 0 Å². The lowest BCUT2D eigenvalue weighted by molar-refractivity contribution is 0.459. The van der Waals surface area contributed by atoms with Crippen molar-refractivity contribution >= 4 is 29.0 Å². The number of rotatable bonds is 2. The highest BCUT2D eigenvalue weighted by atomic mass is 35.5. The number of aromatic hydroxyl groups is 1. The van der Waals surface area contributed by atoms with Gasteiger partial charge >= 0.3 is 0 Å². The average molecular weight is 275 g/mol. The highest BCUT2D eigenvalue weighted by Crippen LogP contribution is 2.37. The second kappa shape index (κ2) is 5.07. The Hall–Kier alpha value is -2.40. The molecule has 0 atom stereocenters. The molecule has 0 aliphatic heterocycles. The Labute approximate surface area is 115 Å². The molecule has 6 heteroatoms. The largest absolute Gasteiger partial charge is 0.493 e. The molecule has 0 fully saturated rings. The van der Waals surface area contributed by atoms with E-state index in [4.69, 9.17) is 5.53 Å². The van der Waals surface area contributed by atoms with Crippen molar-refractivity contribution in [3.05, 3.63) is 42.7 Å². The van der Waals surface area contributed by atoms with E-state index < -0.39 is 0 Å². The van der Waals surface area contributed by atoms with Crippen molar-refractivity contribution in [1.29, 1.82) is 5.53 Å². The summed E-state index contributed by atoms with van der Waals surface area (Å²) in [6, 6.07) is 9.52. The Morgan fingerprint density at radius 1 is 1.11 bits per heavy atom. The molecule has 0 unspecified atom stereocenters. The number of aromatic nitrogens is 2. The maximum absolute atomic E-state index is 9.62. The van der Waals surface area contributed by atoms with Crippen LogP contribution in [0.4, 0.5) is 5.69 Å². The minimum absolute atomic E-state index is 0. The molecule has 3 N–H and O–H groups in total. The van der Waals surface area contributed by atoms with Gasteiger partial charge < -0.3 is 10.1 Å². The zero-order chi connectivity index (χ0) is 12.5. The fourth-order valence-corrected chi connectivity index (χ4v) is 2.00. The molecule has 0 aliphatic carbocycles. The van der Waals surface area contributed by atoms with Crippen molar-refractivity contribution in [3.8, 4) is 17.0 Å². The Bertz CT molecular complexity index is 724. The van der Waals surface area contributed by atoms with Crippen LogP contribution in [-0.2, 0) is 0 Å². The summed E-state index contributed by atoms with van der Waals surface area (Å²) >= 11 is 0. The smallest absolute Gasteiger partial charge is 0.218 e. The van der Waals surface area contributed by atoms with Gasteiger partial charge in [-0.1, -0.05) is 6.07 Å². The molecule has 0 spiro atoms. The third-order valence-electron chi connectivity index (χ3n) is 2.88. The molecule has 5 nitrogen and oxygen atoms in total. The van der Waals surface area contributed by atoms with Gasteiger partial charge in [-0.25, -0.2) is 5.53 Å². The zero-order valence-corrected chi connectivity index (χ0v) is 10.6. The quantitative estimate of drug-likeness (QED) is 0.617. The second-order valence-corrected chi connectivity index (χ2v) is 3.93. The van der Waals surface area contributed by atoms with Crippen molar-refractivity contribution in [2.45, 2.75) is 0 Å². The molecule has 1 aromatic carbocycles. The first-order chi connectivity index (χ1) is 8.79. The third-order valence-corrected chi connectivity index (χ3v) is 2.88. The fraction of sp³-hybridized carbons (Fsp3) is 0. The minimum Gasteiger partial charge on any atom is -0.493 e. The van der Waals surface area contributed by atoms with Gasteiger partial charge in [-0.2, -0.15) is 5.11 Å². The molecule has 0 saturated carbocycles. The van der Waals surface area contributed by atoms with E-state index >= 15 is 0 Å². The maximum atomic E-state index is 9.62. The summed E-state index contributed by atoms with van der Waals surface area (Å²) in [5.74, 6) is -0.0770. The summed E-state index contributed by atoms with van der Waals surface area (Å²) in [4.78, 5) is 6.76. The SMILES string of the molecule is Cl.N=Nc1c(O)[nH]c2ccc(-c3ccncc3)cc12. The molecular weight excluding hydrogens is 264 g/mol. The fourth-order valence-electron chi connectivity index (χ4n) is 2.00. The number of H-pyrrole nitrogens is 1. The molecule has 0 saturated heterocycles. The number of halogens is 1. The van der Waals surface area contributed by atoms with E-state index in [0.717, 1.165) is 22.0 Å². The first kappa shape index (κ1) is 13.0. The van der Waals surface area contributed by atoms with E-state index in [1.807, 2.05) is 30.3 Å². The van der Waals surface area contributed by atoms with Crippen LogP contribution in [-0.4, -0.2) is 15.1 Å². The van der Waals surface area contributed by atoms with Crippen molar-refractivity contribution in [3.63, 3.8) is 0 Å². The molecule has 0 aliphatic rings. The van der Waals surface area contributed by atoms with Crippen LogP contribution in [0.1, 0.15) is 0 Å². The normalized spacial score (nSPS) is 10.1. The molecule has 0 radical (unpaired) electrons. The van der Waals surface area contributed by atoms with Crippen LogP contribution >= 0.6 is 12.4 Å². The van der Waals surface area contributed by atoms with Gasteiger partial charge in [-0.3, -0.25) is 4.98 Å². The average Bonchev–Trinajstić information content (AvgIpc) is 2.74. The van der Waals surface area contributed by atoms with Crippen LogP contribution in [0, 0.1) is 5.53 Å². The van der Waals surface area contributed by atoms with E-state index in [-0.39, 0.29) is 24.0 Å². The standard InChI is InChI=1S/C13H10N4O.ClH/c14-17-12-10-7-9(8-3-5-15-6-4-8)1-2-11(10)16-13(12)18;/h1-7,14,16,18H;1H. The molecule has 3 aromatic rings. The van der Waals surface area contributed by atoms with E-state index in [1.54, 1.807) is 12.4 Å².